The summed E-state index contributed by atoms with van der Waals surface area (Å²) in [5.74, 6) is -0.609. The van der Waals surface area contributed by atoms with Crippen LogP contribution in [0.1, 0.15) is 51.5 Å². The average molecular weight is 364 g/mol. The first-order chi connectivity index (χ1) is 12.9. The van der Waals surface area contributed by atoms with Crippen LogP contribution in [0.4, 0.5) is 4.39 Å². The van der Waals surface area contributed by atoms with Gasteiger partial charge >= 0.3 is 5.97 Å². The van der Waals surface area contributed by atoms with E-state index in [2.05, 4.69) is 11.2 Å². The maximum absolute atomic E-state index is 13.9. The Labute approximate surface area is 157 Å². The Kier molecular flexibility index (Phi) is 4.30. The molecule has 2 aromatic carbocycles. The number of aromatic carboxylic acids is 1. The lowest BCUT2D eigenvalue weighted by Crippen LogP contribution is -2.00. The van der Waals surface area contributed by atoms with Gasteiger partial charge in [0, 0.05) is 19.0 Å². The Morgan fingerprint density at radius 2 is 2.00 bits per heavy atom. The van der Waals surface area contributed by atoms with E-state index in [1.54, 1.807) is 35.9 Å². The van der Waals surface area contributed by atoms with Crippen molar-refractivity contribution in [3.63, 3.8) is 0 Å². The Balaban J connectivity index is 1.62. The number of hydrogen-bond donors (Lipinski definition) is 1. The molecule has 0 bridgehead atoms. The zero-order valence-electron chi connectivity index (χ0n) is 15.4. The van der Waals surface area contributed by atoms with E-state index in [4.69, 9.17) is 0 Å². The molecular formula is C22H21FN2O2. The summed E-state index contributed by atoms with van der Waals surface area (Å²) in [6.07, 6.45) is 2.85. The second kappa shape index (κ2) is 6.65. The second-order valence-electron chi connectivity index (χ2n) is 7.32. The van der Waals surface area contributed by atoms with E-state index < -0.39 is 5.97 Å². The molecule has 138 valence electrons. The fourth-order valence-corrected chi connectivity index (χ4v) is 3.59. The number of rotatable bonds is 5. The molecule has 0 atom stereocenters. The van der Waals surface area contributed by atoms with Gasteiger partial charge in [-0.25, -0.2) is 9.18 Å². The van der Waals surface area contributed by atoms with Crippen molar-refractivity contribution < 1.29 is 14.3 Å². The highest BCUT2D eigenvalue weighted by Gasteiger charge is 2.24. The number of halogens is 1. The van der Waals surface area contributed by atoms with Gasteiger partial charge in [0.25, 0.3) is 0 Å². The number of benzene rings is 2. The van der Waals surface area contributed by atoms with Crippen LogP contribution < -0.4 is 0 Å². The maximum Gasteiger partial charge on any atom is 0.335 e. The molecule has 1 heterocycles. The third-order valence-electron chi connectivity index (χ3n) is 5.10. The minimum Gasteiger partial charge on any atom is -0.478 e. The average Bonchev–Trinajstić information content (AvgIpc) is 3.38. The van der Waals surface area contributed by atoms with E-state index in [9.17, 15) is 14.3 Å². The van der Waals surface area contributed by atoms with Crippen molar-refractivity contribution in [1.29, 1.82) is 0 Å². The Morgan fingerprint density at radius 3 is 2.67 bits per heavy atom. The molecule has 0 saturated heterocycles. The largest absolute Gasteiger partial charge is 0.478 e. The van der Waals surface area contributed by atoms with Crippen LogP contribution in [0.25, 0.3) is 11.3 Å². The molecule has 0 unspecified atom stereocenters. The van der Waals surface area contributed by atoms with Crippen LogP contribution in [0.15, 0.2) is 42.5 Å². The van der Waals surface area contributed by atoms with Gasteiger partial charge in [-0.05, 0) is 72.7 Å². The molecule has 0 aliphatic heterocycles. The first kappa shape index (κ1) is 17.5. The Bertz CT molecular complexity index is 1030. The predicted molar refractivity (Wildman–Crippen MR) is 102 cm³/mol. The third-order valence-corrected chi connectivity index (χ3v) is 5.10. The minimum atomic E-state index is -0.928. The molecule has 4 rings (SSSR count). The number of hydrogen-bond acceptors (Lipinski definition) is 2. The fraction of sp³-hybridized carbons (Fsp3) is 0.273. The quantitative estimate of drug-likeness (QED) is 0.714. The van der Waals surface area contributed by atoms with Gasteiger partial charge in [0.1, 0.15) is 5.82 Å². The zero-order valence-corrected chi connectivity index (χ0v) is 15.4. The summed E-state index contributed by atoms with van der Waals surface area (Å²) < 4.78 is 15.7. The van der Waals surface area contributed by atoms with Gasteiger partial charge in [-0.15, -0.1) is 0 Å². The van der Waals surface area contributed by atoms with Crippen molar-refractivity contribution in [2.45, 2.75) is 32.1 Å². The minimum absolute atomic E-state index is 0.189. The van der Waals surface area contributed by atoms with E-state index in [1.165, 1.54) is 0 Å². The van der Waals surface area contributed by atoms with Crippen LogP contribution >= 0.6 is 0 Å². The molecule has 1 aliphatic rings. The van der Waals surface area contributed by atoms with E-state index in [0.717, 1.165) is 40.9 Å². The van der Waals surface area contributed by atoms with Crippen LogP contribution in [0.2, 0.25) is 0 Å². The maximum atomic E-state index is 13.9. The zero-order chi connectivity index (χ0) is 19.1. The SMILES string of the molecule is Cc1cc(-c2cc(Cc3cc(F)cc(C4CC4)c3)nn2C)ccc1C(=O)O. The van der Waals surface area contributed by atoms with E-state index in [0.29, 0.717) is 23.5 Å². The van der Waals surface area contributed by atoms with Crippen molar-refractivity contribution in [2.75, 3.05) is 0 Å². The summed E-state index contributed by atoms with van der Waals surface area (Å²) in [4.78, 5) is 11.2. The lowest BCUT2D eigenvalue weighted by Gasteiger charge is -2.05. The second-order valence-corrected chi connectivity index (χ2v) is 7.32. The molecule has 0 amide bonds. The number of nitrogens with zero attached hydrogens (tertiary/aromatic N) is 2. The van der Waals surface area contributed by atoms with Gasteiger partial charge in [0.05, 0.1) is 17.0 Å². The van der Waals surface area contributed by atoms with Crippen molar-refractivity contribution in [1.82, 2.24) is 9.78 Å². The third kappa shape index (κ3) is 3.63. The van der Waals surface area contributed by atoms with Crippen molar-refractivity contribution in [3.8, 4) is 11.3 Å². The normalized spacial score (nSPS) is 13.7. The molecule has 1 saturated carbocycles. The highest BCUT2D eigenvalue weighted by molar-refractivity contribution is 5.90. The number of aromatic nitrogens is 2. The van der Waals surface area contributed by atoms with Crippen molar-refractivity contribution >= 4 is 5.97 Å². The number of aryl methyl sites for hydroxylation is 2. The van der Waals surface area contributed by atoms with Crippen molar-refractivity contribution in [2.24, 2.45) is 7.05 Å². The van der Waals surface area contributed by atoms with Gasteiger partial charge in [-0.3, -0.25) is 4.68 Å². The summed E-state index contributed by atoms with van der Waals surface area (Å²) in [7, 11) is 1.86. The number of carboxylic acid groups (broad SMARTS) is 1. The first-order valence-corrected chi connectivity index (χ1v) is 9.07. The van der Waals surface area contributed by atoms with Crippen molar-refractivity contribution in [3.05, 3.63) is 76.2 Å². The van der Waals surface area contributed by atoms with Gasteiger partial charge in [0.2, 0.25) is 0 Å². The standard InChI is InChI=1S/C22H21FN2O2/c1-13-7-16(5-6-20(13)22(26)27)21-12-19(24-25(21)2)10-14-8-17(15-3-4-15)11-18(23)9-14/h5-9,11-12,15H,3-4,10H2,1-2H3,(H,26,27). The van der Waals surface area contributed by atoms with Gasteiger partial charge in [0.15, 0.2) is 0 Å². The molecule has 0 radical (unpaired) electrons. The van der Waals surface area contributed by atoms with Crippen LogP contribution in [0, 0.1) is 12.7 Å². The van der Waals surface area contributed by atoms with Crippen LogP contribution in [-0.4, -0.2) is 20.9 Å². The lowest BCUT2D eigenvalue weighted by molar-refractivity contribution is 0.0696. The Hall–Kier alpha value is -2.95. The highest BCUT2D eigenvalue weighted by Crippen LogP contribution is 2.40. The van der Waals surface area contributed by atoms with Gasteiger partial charge < -0.3 is 5.11 Å². The molecule has 1 aliphatic carbocycles. The lowest BCUT2D eigenvalue weighted by atomic mass is 10.0. The summed E-state index contributed by atoms with van der Waals surface area (Å²) in [5, 5.41) is 13.8. The Morgan fingerprint density at radius 1 is 1.22 bits per heavy atom. The van der Waals surface area contributed by atoms with E-state index >= 15 is 0 Å². The summed E-state index contributed by atoms with van der Waals surface area (Å²) >= 11 is 0. The smallest absolute Gasteiger partial charge is 0.335 e. The molecule has 0 spiro atoms. The number of carbonyl (C=O) groups is 1. The molecule has 5 heteroatoms. The molecule has 4 nitrogen and oxygen atoms in total. The highest BCUT2D eigenvalue weighted by atomic mass is 19.1. The monoisotopic (exact) mass is 364 g/mol. The van der Waals surface area contributed by atoms with Crippen LogP contribution in [0.5, 0.6) is 0 Å². The van der Waals surface area contributed by atoms with Gasteiger partial charge in [-0.1, -0.05) is 12.1 Å². The topological polar surface area (TPSA) is 55.1 Å². The molecule has 1 N–H and O–H groups in total. The van der Waals surface area contributed by atoms with E-state index in [1.807, 2.05) is 19.2 Å². The predicted octanol–water partition coefficient (Wildman–Crippen LogP) is 4.70. The number of carboxylic acids is 1. The molecular weight excluding hydrogens is 343 g/mol. The summed E-state index contributed by atoms with van der Waals surface area (Å²) in [6.45, 7) is 1.79. The van der Waals surface area contributed by atoms with Gasteiger partial charge in [-0.2, -0.15) is 5.10 Å². The molecule has 1 aromatic heterocycles. The molecule has 1 fully saturated rings. The first-order valence-electron chi connectivity index (χ1n) is 9.07. The van der Waals surface area contributed by atoms with Crippen LogP contribution in [0.3, 0.4) is 0 Å². The fourth-order valence-electron chi connectivity index (χ4n) is 3.59. The summed E-state index contributed by atoms with van der Waals surface area (Å²) in [6, 6.07) is 12.6. The molecule has 27 heavy (non-hydrogen) atoms. The summed E-state index contributed by atoms with van der Waals surface area (Å²) in [5.41, 5.74) is 5.70. The van der Waals surface area contributed by atoms with E-state index in [-0.39, 0.29) is 5.82 Å². The molecule has 3 aromatic rings. The van der Waals surface area contributed by atoms with Crippen LogP contribution in [-0.2, 0) is 13.5 Å².